The van der Waals surface area contributed by atoms with Crippen LogP contribution in [0.25, 0.3) is 21.8 Å². The standard InChI is InChI=1S/C25H25N5O/c1-2-25(24(26)31)17-29(20-13-18-7-3-5-9-22(18)27-15-20)11-12-30(25)21-14-19-8-4-6-10-23(19)28-16-21/h3-10,13-16H,2,11-12,17H2,1H3,(H2,26,31). The second kappa shape index (κ2) is 7.54. The van der Waals surface area contributed by atoms with Gasteiger partial charge in [-0.15, -0.1) is 0 Å². The highest BCUT2D eigenvalue weighted by molar-refractivity contribution is 5.92. The van der Waals surface area contributed by atoms with E-state index in [0.717, 1.165) is 39.7 Å². The van der Waals surface area contributed by atoms with Crippen LogP contribution >= 0.6 is 0 Å². The van der Waals surface area contributed by atoms with Crippen LogP contribution < -0.4 is 15.5 Å². The molecule has 6 nitrogen and oxygen atoms in total. The number of amides is 1. The first kappa shape index (κ1) is 19.3. The summed E-state index contributed by atoms with van der Waals surface area (Å²) in [6.07, 6.45) is 4.34. The van der Waals surface area contributed by atoms with Gasteiger partial charge >= 0.3 is 0 Å². The average molecular weight is 412 g/mol. The molecule has 31 heavy (non-hydrogen) atoms. The molecule has 1 unspecified atom stereocenters. The predicted octanol–water partition coefficient (Wildman–Crippen LogP) is 3.74. The summed E-state index contributed by atoms with van der Waals surface area (Å²) in [5.41, 5.74) is 9.05. The van der Waals surface area contributed by atoms with E-state index in [-0.39, 0.29) is 5.91 Å². The molecule has 1 aliphatic rings. The Labute approximate surface area is 181 Å². The summed E-state index contributed by atoms with van der Waals surface area (Å²) in [6, 6.07) is 20.3. The number of primary amides is 1. The van der Waals surface area contributed by atoms with Crippen molar-refractivity contribution >= 4 is 39.1 Å². The van der Waals surface area contributed by atoms with Crippen molar-refractivity contribution in [2.24, 2.45) is 5.73 Å². The molecule has 1 fully saturated rings. The van der Waals surface area contributed by atoms with Crippen LogP contribution in [0.1, 0.15) is 13.3 Å². The first-order valence-electron chi connectivity index (χ1n) is 10.6. The summed E-state index contributed by atoms with van der Waals surface area (Å²) in [6.45, 7) is 3.96. The molecule has 0 bridgehead atoms. The average Bonchev–Trinajstić information content (AvgIpc) is 2.82. The number of benzene rings is 2. The molecule has 1 amide bonds. The van der Waals surface area contributed by atoms with Crippen LogP contribution in [0, 0.1) is 0 Å². The third-order valence-electron chi connectivity index (χ3n) is 6.44. The van der Waals surface area contributed by atoms with Crippen LogP contribution in [-0.4, -0.2) is 41.0 Å². The van der Waals surface area contributed by atoms with Crippen molar-refractivity contribution in [2.45, 2.75) is 18.9 Å². The van der Waals surface area contributed by atoms with E-state index in [4.69, 9.17) is 5.73 Å². The lowest BCUT2D eigenvalue weighted by atomic mass is 9.88. The van der Waals surface area contributed by atoms with Gasteiger partial charge in [-0.1, -0.05) is 43.3 Å². The maximum Gasteiger partial charge on any atom is 0.245 e. The molecule has 4 aromatic rings. The molecule has 0 saturated carbocycles. The van der Waals surface area contributed by atoms with Crippen LogP contribution in [0.15, 0.2) is 73.1 Å². The van der Waals surface area contributed by atoms with E-state index >= 15 is 0 Å². The largest absolute Gasteiger partial charge is 0.368 e. The summed E-state index contributed by atoms with van der Waals surface area (Å²) in [5, 5.41) is 2.14. The van der Waals surface area contributed by atoms with Crippen molar-refractivity contribution in [3.05, 3.63) is 73.1 Å². The first-order chi connectivity index (χ1) is 15.1. The lowest BCUT2D eigenvalue weighted by Crippen LogP contribution is -2.68. The minimum absolute atomic E-state index is 0.318. The maximum atomic E-state index is 12.9. The summed E-state index contributed by atoms with van der Waals surface area (Å²) < 4.78 is 0. The zero-order valence-corrected chi connectivity index (χ0v) is 17.5. The number of carbonyl (C=O) groups excluding carboxylic acids is 1. The lowest BCUT2D eigenvalue weighted by Gasteiger charge is -2.50. The van der Waals surface area contributed by atoms with Gasteiger partial charge in [0.2, 0.25) is 5.91 Å². The lowest BCUT2D eigenvalue weighted by molar-refractivity contribution is -0.123. The fourth-order valence-corrected chi connectivity index (χ4v) is 4.64. The van der Waals surface area contributed by atoms with Gasteiger partial charge in [0.1, 0.15) is 5.54 Å². The van der Waals surface area contributed by atoms with Gasteiger partial charge in [0.15, 0.2) is 0 Å². The molecule has 156 valence electrons. The van der Waals surface area contributed by atoms with E-state index in [0.29, 0.717) is 19.5 Å². The van der Waals surface area contributed by atoms with E-state index in [2.05, 4.69) is 38.0 Å². The van der Waals surface area contributed by atoms with Crippen molar-refractivity contribution < 1.29 is 4.79 Å². The Balaban J connectivity index is 1.53. The van der Waals surface area contributed by atoms with Crippen molar-refractivity contribution in [3.8, 4) is 0 Å². The van der Waals surface area contributed by atoms with Gasteiger partial charge in [-0.2, -0.15) is 0 Å². The van der Waals surface area contributed by atoms with Gasteiger partial charge in [-0.3, -0.25) is 14.8 Å². The Morgan fingerprint density at radius 1 is 0.935 bits per heavy atom. The molecule has 2 aromatic carbocycles. The molecule has 0 radical (unpaired) electrons. The van der Waals surface area contributed by atoms with Gasteiger partial charge in [0, 0.05) is 23.9 Å². The number of aromatic nitrogens is 2. The molecule has 6 heteroatoms. The third-order valence-corrected chi connectivity index (χ3v) is 6.44. The number of nitrogens with two attached hydrogens (primary N) is 1. The fraction of sp³-hybridized carbons (Fsp3) is 0.240. The van der Waals surface area contributed by atoms with Crippen molar-refractivity contribution in [1.82, 2.24) is 9.97 Å². The summed E-state index contributed by atoms with van der Waals surface area (Å²) in [7, 11) is 0. The quantitative estimate of drug-likeness (QED) is 0.554. The second-order valence-electron chi connectivity index (χ2n) is 8.10. The second-order valence-corrected chi connectivity index (χ2v) is 8.10. The van der Waals surface area contributed by atoms with Crippen LogP contribution in [0.3, 0.4) is 0 Å². The number of carbonyl (C=O) groups is 1. The Morgan fingerprint density at radius 2 is 1.52 bits per heavy atom. The van der Waals surface area contributed by atoms with E-state index in [1.165, 1.54) is 0 Å². The molecule has 1 saturated heterocycles. The van der Waals surface area contributed by atoms with Crippen LogP contribution in [0.2, 0.25) is 0 Å². The van der Waals surface area contributed by atoms with Crippen molar-refractivity contribution in [1.29, 1.82) is 0 Å². The number of para-hydroxylation sites is 2. The predicted molar refractivity (Wildman–Crippen MR) is 125 cm³/mol. The van der Waals surface area contributed by atoms with Crippen molar-refractivity contribution in [2.75, 3.05) is 29.4 Å². The highest BCUT2D eigenvalue weighted by Gasteiger charge is 2.46. The highest BCUT2D eigenvalue weighted by Crippen LogP contribution is 2.34. The van der Waals surface area contributed by atoms with Crippen LogP contribution in [-0.2, 0) is 4.79 Å². The maximum absolute atomic E-state index is 12.9. The topological polar surface area (TPSA) is 75.4 Å². The number of pyridine rings is 2. The smallest absolute Gasteiger partial charge is 0.245 e. The number of rotatable bonds is 4. The highest BCUT2D eigenvalue weighted by atomic mass is 16.1. The van der Waals surface area contributed by atoms with E-state index in [1.807, 2.05) is 61.8 Å². The first-order valence-corrected chi connectivity index (χ1v) is 10.6. The number of fused-ring (bicyclic) bond motifs is 2. The van der Waals surface area contributed by atoms with Gasteiger partial charge in [-0.25, -0.2) is 0 Å². The molecular formula is C25H25N5O. The zero-order valence-electron chi connectivity index (χ0n) is 17.5. The van der Waals surface area contributed by atoms with Crippen molar-refractivity contribution in [3.63, 3.8) is 0 Å². The molecule has 0 aliphatic carbocycles. The molecule has 0 spiro atoms. The minimum atomic E-state index is -0.825. The van der Waals surface area contributed by atoms with Gasteiger partial charge < -0.3 is 15.5 Å². The Kier molecular flexibility index (Phi) is 4.70. The number of piperazine rings is 1. The summed E-state index contributed by atoms with van der Waals surface area (Å²) in [5.74, 6) is -0.318. The SMILES string of the molecule is CCC1(C(N)=O)CN(c2cnc3ccccc3c2)CCN1c1cnc2ccccc2c1. The molecular weight excluding hydrogens is 386 g/mol. The number of hydrogen-bond donors (Lipinski definition) is 1. The van der Waals surface area contributed by atoms with Gasteiger partial charge in [-0.05, 0) is 30.7 Å². The molecule has 5 rings (SSSR count). The summed E-state index contributed by atoms with van der Waals surface area (Å²) >= 11 is 0. The Morgan fingerprint density at radius 3 is 2.13 bits per heavy atom. The number of hydrogen-bond acceptors (Lipinski definition) is 5. The van der Waals surface area contributed by atoms with Gasteiger partial charge in [0.25, 0.3) is 0 Å². The molecule has 1 aliphatic heterocycles. The fourth-order valence-electron chi connectivity index (χ4n) is 4.64. The van der Waals surface area contributed by atoms with E-state index in [9.17, 15) is 4.79 Å². The van der Waals surface area contributed by atoms with Crippen LogP contribution in [0.5, 0.6) is 0 Å². The number of anilines is 2. The third kappa shape index (κ3) is 3.24. The number of nitrogens with zero attached hydrogens (tertiary/aromatic N) is 4. The van der Waals surface area contributed by atoms with Crippen LogP contribution in [0.4, 0.5) is 11.4 Å². The minimum Gasteiger partial charge on any atom is -0.368 e. The molecule has 3 heterocycles. The normalized spacial score (nSPS) is 19.1. The monoisotopic (exact) mass is 411 g/mol. The molecule has 2 aromatic heterocycles. The van der Waals surface area contributed by atoms with E-state index in [1.54, 1.807) is 0 Å². The molecule has 1 atom stereocenters. The zero-order chi connectivity index (χ0) is 21.4. The van der Waals surface area contributed by atoms with E-state index < -0.39 is 5.54 Å². The summed E-state index contributed by atoms with van der Waals surface area (Å²) in [4.78, 5) is 26.4. The Hall–Kier alpha value is -3.67. The van der Waals surface area contributed by atoms with Gasteiger partial charge in [0.05, 0.1) is 41.3 Å². The Bertz CT molecular complexity index is 1270. The molecule has 2 N–H and O–H groups in total.